The van der Waals surface area contributed by atoms with Gasteiger partial charge in [0, 0.05) is 18.0 Å². The number of ether oxygens (including phenoxy) is 1. The van der Waals surface area contributed by atoms with Crippen molar-refractivity contribution in [3.8, 4) is 16.9 Å². The second-order valence-corrected chi connectivity index (χ2v) is 5.41. The van der Waals surface area contributed by atoms with Gasteiger partial charge >= 0.3 is 0 Å². The molecule has 2 nitrogen and oxygen atoms in total. The van der Waals surface area contributed by atoms with Gasteiger partial charge in [0.15, 0.2) is 0 Å². The number of hydrogen-bond donors (Lipinski definition) is 0. The Morgan fingerprint density at radius 2 is 1.83 bits per heavy atom. The average molecular weight is 241 g/mol. The van der Waals surface area contributed by atoms with Gasteiger partial charge in [0.05, 0.1) is 7.11 Å². The van der Waals surface area contributed by atoms with Crippen LogP contribution in [0.4, 0.5) is 0 Å². The van der Waals surface area contributed by atoms with Gasteiger partial charge in [0.25, 0.3) is 0 Å². The van der Waals surface area contributed by atoms with Crippen LogP contribution in [0.3, 0.4) is 0 Å². The third-order valence-corrected chi connectivity index (χ3v) is 3.00. The lowest BCUT2D eigenvalue weighted by atomic mass is 9.85. The molecule has 2 aromatic rings. The van der Waals surface area contributed by atoms with Gasteiger partial charge in [-0.05, 0) is 28.7 Å². The Labute approximate surface area is 109 Å². The number of benzene rings is 1. The molecule has 2 rings (SSSR count). The highest BCUT2D eigenvalue weighted by molar-refractivity contribution is 5.65. The third-order valence-electron chi connectivity index (χ3n) is 3.00. The molecule has 94 valence electrons. The average Bonchev–Trinajstić information content (AvgIpc) is 2.38. The number of pyridine rings is 1. The Morgan fingerprint density at radius 1 is 1.06 bits per heavy atom. The minimum Gasteiger partial charge on any atom is -0.496 e. The van der Waals surface area contributed by atoms with Gasteiger partial charge in [0.1, 0.15) is 5.75 Å². The summed E-state index contributed by atoms with van der Waals surface area (Å²) in [5, 5.41) is 0. The summed E-state index contributed by atoms with van der Waals surface area (Å²) < 4.78 is 5.51. The van der Waals surface area contributed by atoms with E-state index in [0.717, 1.165) is 16.9 Å². The first-order valence-electron chi connectivity index (χ1n) is 6.11. The van der Waals surface area contributed by atoms with Crippen molar-refractivity contribution in [1.82, 2.24) is 4.98 Å². The minimum absolute atomic E-state index is 0.0822. The maximum Gasteiger partial charge on any atom is 0.123 e. The Kier molecular flexibility index (Phi) is 3.37. The second-order valence-electron chi connectivity index (χ2n) is 5.41. The van der Waals surface area contributed by atoms with E-state index in [0.29, 0.717) is 0 Å². The molecule has 1 aromatic heterocycles. The van der Waals surface area contributed by atoms with E-state index in [9.17, 15) is 0 Å². The predicted molar refractivity (Wildman–Crippen MR) is 74.9 cm³/mol. The fourth-order valence-corrected chi connectivity index (χ4v) is 2.02. The second kappa shape index (κ2) is 4.81. The lowest BCUT2D eigenvalue weighted by Crippen LogP contribution is -2.12. The zero-order chi connectivity index (χ0) is 13.2. The van der Waals surface area contributed by atoms with Crippen LogP contribution in [0.15, 0.2) is 42.7 Å². The Hall–Kier alpha value is -1.83. The highest BCUT2D eigenvalue weighted by Gasteiger charge is 2.19. The summed E-state index contributed by atoms with van der Waals surface area (Å²) in [6.45, 7) is 6.57. The van der Waals surface area contributed by atoms with Gasteiger partial charge < -0.3 is 4.74 Å². The summed E-state index contributed by atoms with van der Waals surface area (Å²) in [6.07, 6.45) is 3.65. The van der Waals surface area contributed by atoms with Crippen LogP contribution in [-0.2, 0) is 5.41 Å². The standard InChI is InChI=1S/C16H19NO/c1-16(2,3)14-8-7-12(10-15(14)18-4)13-6-5-9-17-11-13/h5-11H,1-4H3. The Morgan fingerprint density at radius 3 is 2.39 bits per heavy atom. The zero-order valence-corrected chi connectivity index (χ0v) is 11.4. The van der Waals surface area contributed by atoms with E-state index < -0.39 is 0 Å². The van der Waals surface area contributed by atoms with Crippen molar-refractivity contribution < 1.29 is 4.74 Å². The fourth-order valence-electron chi connectivity index (χ4n) is 2.02. The SMILES string of the molecule is COc1cc(-c2cccnc2)ccc1C(C)(C)C. The first kappa shape index (κ1) is 12.6. The van der Waals surface area contributed by atoms with Crippen LogP contribution in [0.1, 0.15) is 26.3 Å². The van der Waals surface area contributed by atoms with Crippen LogP contribution in [-0.4, -0.2) is 12.1 Å². The summed E-state index contributed by atoms with van der Waals surface area (Å²) in [5.74, 6) is 0.934. The van der Waals surface area contributed by atoms with E-state index in [4.69, 9.17) is 4.74 Å². The molecule has 0 aliphatic carbocycles. The van der Waals surface area contributed by atoms with Crippen LogP contribution in [0.2, 0.25) is 0 Å². The Balaban J connectivity index is 2.49. The van der Waals surface area contributed by atoms with Crippen LogP contribution in [0, 0.1) is 0 Å². The van der Waals surface area contributed by atoms with Gasteiger partial charge in [-0.3, -0.25) is 4.98 Å². The van der Waals surface area contributed by atoms with E-state index in [1.165, 1.54) is 5.56 Å². The van der Waals surface area contributed by atoms with Crippen molar-refractivity contribution in [1.29, 1.82) is 0 Å². The molecule has 0 aliphatic rings. The van der Waals surface area contributed by atoms with Gasteiger partial charge in [-0.2, -0.15) is 0 Å². The summed E-state index contributed by atoms with van der Waals surface area (Å²) in [5.41, 5.74) is 3.54. The quantitative estimate of drug-likeness (QED) is 0.791. The van der Waals surface area contributed by atoms with Crippen LogP contribution in [0.25, 0.3) is 11.1 Å². The van der Waals surface area contributed by atoms with Gasteiger partial charge in [-0.25, -0.2) is 0 Å². The van der Waals surface area contributed by atoms with E-state index in [1.807, 2.05) is 12.3 Å². The predicted octanol–water partition coefficient (Wildman–Crippen LogP) is 4.05. The monoisotopic (exact) mass is 241 g/mol. The van der Waals surface area contributed by atoms with E-state index in [1.54, 1.807) is 13.3 Å². The molecule has 1 aromatic carbocycles. The van der Waals surface area contributed by atoms with Crippen molar-refractivity contribution in [2.24, 2.45) is 0 Å². The van der Waals surface area contributed by atoms with Crippen molar-refractivity contribution >= 4 is 0 Å². The molecule has 0 saturated heterocycles. The Bertz CT molecular complexity index is 527. The number of hydrogen-bond acceptors (Lipinski definition) is 2. The van der Waals surface area contributed by atoms with Crippen molar-refractivity contribution in [3.63, 3.8) is 0 Å². The van der Waals surface area contributed by atoms with Gasteiger partial charge in [-0.15, -0.1) is 0 Å². The summed E-state index contributed by atoms with van der Waals surface area (Å²) in [7, 11) is 1.72. The highest BCUT2D eigenvalue weighted by Crippen LogP contribution is 2.34. The molecule has 2 heteroatoms. The molecule has 18 heavy (non-hydrogen) atoms. The first-order chi connectivity index (χ1) is 8.52. The minimum atomic E-state index is 0.0822. The molecular formula is C16H19NO. The normalized spacial score (nSPS) is 11.3. The molecule has 0 N–H and O–H groups in total. The summed E-state index contributed by atoms with van der Waals surface area (Å²) in [4.78, 5) is 4.15. The molecule has 1 heterocycles. The largest absolute Gasteiger partial charge is 0.496 e. The van der Waals surface area contributed by atoms with E-state index >= 15 is 0 Å². The summed E-state index contributed by atoms with van der Waals surface area (Å²) in [6, 6.07) is 10.3. The smallest absolute Gasteiger partial charge is 0.123 e. The first-order valence-corrected chi connectivity index (χ1v) is 6.11. The molecule has 0 unspecified atom stereocenters. The van der Waals surface area contributed by atoms with Crippen LogP contribution in [0.5, 0.6) is 5.75 Å². The molecule has 0 bridgehead atoms. The maximum absolute atomic E-state index is 5.51. The van der Waals surface area contributed by atoms with Crippen LogP contribution >= 0.6 is 0 Å². The van der Waals surface area contributed by atoms with Gasteiger partial charge in [-0.1, -0.05) is 39.0 Å². The van der Waals surface area contributed by atoms with E-state index in [2.05, 4.69) is 50.0 Å². The lowest BCUT2D eigenvalue weighted by Gasteiger charge is -2.22. The number of nitrogens with zero attached hydrogens (tertiary/aromatic N) is 1. The van der Waals surface area contributed by atoms with Crippen molar-refractivity contribution in [2.45, 2.75) is 26.2 Å². The van der Waals surface area contributed by atoms with Crippen LogP contribution < -0.4 is 4.74 Å². The molecule has 0 saturated carbocycles. The molecule has 0 amide bonds. The number of rotatable bonds is 2. The topological polar surface area (TPSA) is 22.1 Å². The zero-order valence-electron chi connectivity index (χ0n) is 11.4. The van der Waals surface area contributed by atoms with Crippen molar-refractivity contribution in [3.05, 3.63) is 48.3 Å². The number of aromatic nitrogens is 1. The highest BCUT2D eigenvalue weighted by atomic mass is 16.5. The molecule has 0 atom stereocenters. The third kappa shape index (κ3) is 2.53. The fraction of sp³-hybridized carbons (Fsp3) is 0.312. The molecule has 0 fully saturated rings. The molecule has 0 radical (unpaired) electrons. The molecular weight excluding hydrogens is 222 g/mol. The summed E-state index contributed by atoms with van der Waals surface area (Å²) >= 11 is 0. The lowest BCUT2D eigenvalue weighted by molar-refractivity contribution is 0.398. The van der Waals surface area contributed by atoms with Gasteiger partial charge in [0.2, 0.25) is 0 Å². The molecule has 0 spiro atoms. The number of methoxy groups -OCH3 is 1. The molecule has 0 aliphatic heterocycles. The van der Waals surface area contributed by atoms with Crippen molar-refractivity contribution in [2.75, 3.05) is 7.11 Å². The maximum atomic E-state index is 5.51. The van der Waals surface area contributed by atoms with E-state index in [-0.39, 0.29) is 5.41 Å².